The van der Waals surface area contributed by atoms with E-state index in [2.05, 4.69) is 24.1 Å². The smallest absolute Gasteiger partial charge is 0.270 e. The van der Waals surface area contributed by atoms with Gasteiger partial charge in [-0.1, -0.05) is 13.8 Å². The van der Waals surface area contributed by atoms with Gasteiger partial charge in [0.15, 0.2) is 0 Å². The molecule has 0 aromatic carbocycles. The lowest BCUT2D eigenvalue weighted by molar-refractivity contribution is 0.0251. The fourth-order valence-electron chi connectivity index (χ4n) is 2.14. The minimum absolute atomic E-state index is 0.148. The van der Waals surface area contributed by atoms with Crippen LogP contribution in [0.25, 0.3) is 10.6 Å². The third-order valence-corrected chi connectivity index (χ3v) is 4.24. The molecule has 0 fully saturated rings. The van der Waals surface area contributed by atoms with Gasteiger partial charge in [-0.15, -0.1) is 11.3 Å². The van der Waals surface area contributed by atoms with E-state index in [1.54, 1.807) is 17.9 Å². The molecule has 0 saturated heterocycles. The molecular weight excluding hydrogens is 300 g/mol. The Morgan fingerprint density at radius 2 is 2.32 bits per heavy atom. The van der Waals surface area contributed by atoms with E-state index in [0.717, 1.165) is 17.0 Å². The van der Waals surface area contributed by atoms with E-state index in [0.29, 0.717) is 24.8 Å². The molecule has 0 spiro atoms. The van der Waals surface area contributed by atoms with Crippen molar-refractivity contribution in [3.63, 3.8) is 0 Å². The van der Waals surface area contributed by atoms with E-state index in [9.17, 15) is 4.79 Å². The van der Waals surface area contributed by atoms with Gasteiger partial charge >= 0.3 is 0 Å². The van der Waals surface area contributed by atoms with Gasteiger partial charge in [-0.25, -0.2) is 4.98 Å². The number of ether oxygens (including phenoxy) is 1. The molecule has 0 bridgehead atoms. The minimum atomic E-state index is -0.148. The van der Waals surface area contributed by atoms with E-state index in [1.807, 2.05) is 13.0 Å². The second-order valence-electron chi connectivity index (χ2n) is 5.33. The van der Waals surface area contributed by atoms with E-state index in [-0.39, 0.29) is 12.0 Å². The monoisotopic (exact) mass is 322 g/mol. The molecule has 5 nitrogen and oxygen atoms in total. The van der Waals surface area contributed by atoms with Crippen LogP contribution < -0.4 is 5.32 Å². The lowest BCUT2D eigenvalue weighted by Crippen LogP contribution is -2.30. The van der Waals surface area contributed by atoms with Crippen molar-refractivity contribution in [3.05, 3.63) is 29.7 Å². The lowest BCUT2D eigenvalue weighted by atomic mass is 10.0. The first-order valence-electron chi connectivity index (χ1n) is 7.49. The number of furan rings is 1. The van der Waals surface area contributed by atoms with E-state index in [1.165, 1.54) is 11.3 Å². The maximum atomic E-state index is 12.1. The molecule has 2 rings (SSSR count). The Morgan fingerprint density at radius 3 is 2.95 bits per heavy atom. The number of nitrogens with zero attached hydrogens (tertiary/aromatic N) is 1. The predicted molar refractivity (Wildman–Crippen MR) is 87.0 cm³/mol. The molecule has 1 atom stereocenters. The van der Waals surface area contributed by atoms with E-state index < -0.39 is 0 Å². The standard InChI is InChI=1S/C16H22N2O3S/c1-4-21-14(11(2)3)5-7-17-15(19)13-10-22-16(18-13)12-6-8-20-9-12/h6,8-11,14H,4-5,7H2,1-3H3,(H,17,19). The molecule has 6 heteroatoms. The van der Waals surface area contributed by atoms with Gasteiger partial charge in [-0.3, -0.25) is 4.79 Å². The summed E-state index contributed by atoms with van der Waals surface area (Å²) in [5, 5.41) is 5.45. The number of hydrogen-bond donors (Lipinski definition) is 1. The lowest BCUT2D eigenvalue weighted by Gasteiger charge is -2.20. The van der Waals surface area contributed by atoms with E-state index >= 15 is 0 Å². The molecule has 0 radical (unpaired) electrons. The van der Waals surface area contributed by atoms with Gasteiger partial charge in [0.25, 0.3) is 5.91 Å². The average molecular weight is 322 g/mol. The van der Waals surface area contributed by atoms with Crippen molar-refractivity contribution in [2.75, 3.05) is 13.2 Å². The van der Waals surface area contributed by atoms with Crippen molar-refractivity contribution in [3.8, 4) is 10.6 Å². The number of nitrogens with one attached hydrogen (secondary N) is 1. The molecule has 0 saturated carbocycles. The zero-order valence-corrected chi connectivity index (χ0v) is 14.0. The Bertz CT molecular complexity index is 578. The topological polar surface area (TPSA) is 64.4 Å². The number of amides is 1. The summed E-state index contributed by atoms with van der Waals surface area (Å²) in [6.45, 7) is 7.51. The van der Waals surface area contributed by atoms with Crippen LogP contribution >= 0.6 is 11.3 Å². The van der Waals surface area contributed by atoms with E-state index in [4.69, 9.17) is 9.15 Å². The molecule has 0 aliphatic rings. The van der Waals surface area contributed by atoms with Crippen LogP contribution in [0.15, 0.2) is 28.4 Å². The normalized spacial score (nSPS) is 12.5. The van der Waals surface area contributed by atoms with Crippen LogP contribution in [0.1, 0.15) is 37.7 Å². The van der Waals surface area contributed by atoms with Crippen LogP contribution in [0.2, 0.25) is 0 Å². The summed E-state index contributed by atoms with van der Waals surface area (Å²) in [6, 6.07) is 1.83. The van der Waals surface area contributed by atoms with Gasteiger partial charge < -0.3 is 14.5 Å². The molecule has 1 amide bonds. The van der Waals surface area contributed by atoms with Crippen LogP contribution in [0, 0.1) is 5.92 Å². The number of hydrogen-bond acceptors (Lipinski definition) is 5. The molecule has 22 heavy (non-hydrogen) atoms. The summed E-state index contributed by atoms with van der Waals surface area (Å²) >= 11 is 1.43. The van der Waals surface area contributed by atoms with Crippen molar-refractivity contribution in [1.29, 1.82) is 0 Å². The van der Waals surface area contributed by atoms with Crippen LogP contribution in [0.4, 0.5) is 0 Å². The van der Waals surface area contributed by atoms with Crippen LogP contribution in [0.5, 0.6) is 0 Å². The first-order valence-corrected chi connectivity index (χ1v) is 8.37. The second-order valence-corrected chi connectivity index (χ2v) is 6.19. The minimum Gasteiger partial charge on any atom is -0.472 e. The fourth-order valence-corrected chi connectivity index (χ4v) is 2.92. The van der Waals surface area contributed by atoms with Crippen molar-refractivity contribution < 1.29 is 13.9 Å². The van der Waals surface area contributed by atoms with Gasteiger partial charge in [-0.2, -0.15) is 0 Å². The van der Waals surface area contributed by atoms with Gasteiger partial charge in [0.05, 0.1) is 12.4 Å². The van der Waals surface area contributed by atoms with Crippen LogP contribution in [0.3, 0.4) is 0 Å². The van der Waals surface area contributed by atoms with Crippen molar-refractivity contribution in [2.45, 2.75) is 33.3 Å². The summed E-state index contributed by atoms with van der Waals surface area (Å²) in [5.41, 5.74) is 1.33. The average Bonchev–Trinajstić information content (AvgIpc) is 3.16. The Labute approximate surface area is 134 Å². The zero-order chi connectivity index (χ0) is 15.9. The number of aromatic nitrogens is 1. The highest BCUT2D eigenvalue weighted by Crippen LogP contribution is 2.23. The highest BCUT2D eigenvalue weighted by atomic mass is 32.1. The molecule has 0 aliphatic heterocycles. The molecular formula is C16H22N2O3S. The van der Waals surface area contributed by atoms with Crippen LogP contribution in [-0.2, 0) is 4.74 Å². The second kappa shape index (κ2) is 8.10. The van der Waals surface area contributed by atoms with Gasteiger partial charge in [0.2, 0.25) is 0 Å². The quantitative estimate of drug-likeness (QED) is 0.807. The maximum Gasteiger partial charge on any atom is 0.270 e. The van der Waals surface area contributed by atoms with Gasteiger partial charge in [0.1, 0.15) is 17.0 Å². The largest absolute Gasteiger partial charge is 0.472 e. The molecule has 120 valence electrons. The predicted octanol–water partition coefficient (Wildman–Crippen LogP) is 3.58. The number of carbonyl (C=O) groups excluding carboxylic acids is 1. The Hall–Kier alpha value is -1.66. The summed E-state index contributed by atoms with van der Waals surface area (Å²) in [6.07, 6.45) is 4.18. The summed E-state index contributed by atoms with van der Waals surface area (Å²) in [7, 11) is 0. The molecule has 1 unspecified atom stereocenters. The Morgan fingerprint density at radius 1 is 1.50 bits per heavy atom. The highest BCUT2D eigenvalue weighted by Gasteiger charge is 2.15. The fraction of sp³-hybridized carbons (Fsp3) is 0.500. The summed E-state index contributed by atoms with van der Waals surface area (Å²) < 4.78 is 10.7. The Kier molecular flexibility index (Phi) is 6.15. The highest BCUT2D eigenvalue weighted by molar-refractivity contribution is 7.13. The van der Waals surface area contributed by atoms with Gasteiger partial charge in [0, 0.05) is 24.1 Å². The van der Waals surface area contributed by atoms with Gasteiger partial charge in [-0.05, 0) is 25.3 Å². The SMILES string of the molecule is CCOC(CCNC(=O)c1csc(-c2ccoc2)n1)C(C)C. The third kappa shape index (κ3) is 4.42. The molecule has 1 N–H and O–H groups in total. The van der Waals surface area contributed by atoms with Crippen molar-refractivity contribution in [1.82, 2.24) is 10.3 Å². The Balaban J connectivity index is 1.85. The summed E-state index contributed by atoms with van der Waals surface area (Å²) in [4.78, 5) is 16.4. The molecule has 2 aromatic heterocycles. The maximum absolute atomic E-state index is 12.1. The first kappa shape index (κ1) is 16.7. The molecule has 2 heterocycles. The first-order chi connectivity index (χ1) is 10.6. The number of carbonyl (C=O) groups is 1. The third-order valence-electron chi connectivity index (χ3n) is 3.34. The molecule has 0 aliphatic carbocycles. The number of thiazole rings is 1. The van der Waals surface area contributed by atoms with Crippen molar-refractivity contribution >= 4 is 17.2 Å². The molecule has 2 aromatic rings. The zero-order valence-electron chi connectivity index (χ0n) is 13.2. The van der Waals surface area contributed by atoms with Crippen LogP contribution in [-0.4, -0.2) is 30.1 Å². The summed E-state index contributed by atoms with van der Waals surface area (Å²) in [5.74, 6) is 0.286. The van der Waals surface area contributed by atoms with Crippen molar-refractivity contribution in [2.24, 2.45) is 5.92 Å². The number of rotatable bonds is 8.